The van der Waals surface area contributed by atoms with E-state index in [1.165, 1.54) is 20.8 Å². The molecule has 10 nitrogen and oxygen atoms in total. The summed E-state index contributed by atoms with van der Waals surface area (Å²) in [6, 6.07) is -0.224. The number of esters is 1. The maximum Gasteiger partial charge on any atom is 0.303 e. The zero-order valence-electron chi connectivity index (χ0n) is 25.2. The monoisotopic (exact) mass is 565 g/mol. The molecule has 0 unspecified atom stereocenters. The van der Waals surface area contributed by atoms with Crippen LogP contribution < -0.4 is 0 Å². The van der Waals surface area contributed by atoms with Crippen molar-refractivity contribution in [1.29, 1.82) is 0 Å². The molecule has 13 atom stereocenters. The summed E-state index contributed by atoms with van der Waals surface area (Å²) < 4.78 is 38.7. The van der Waals surface area contributed by atoms with Gasteiger partial charge >= 0.3 is 5.97 Å². The third kappa shape index (κ3) is 2.90. The number of ether oxygens (including phenoxy) is 6. The fourth-order valence-electron chi connectivity index (χ4n) is 11.7. The Morgan fingerprint density at radius 2 is 1.77 bits per heavy atom. The van der Waals surface area contributed by atoms with Crippen LogP contribution >= 0.6 is 0 Å². The molecule has 1 N–H and O–H groups in total. The van der Waals surface area contributed by atoms with E-state index < -0.39 is 39.7 Å². The van der Waals surface area contributed by atoms with Crippen molar-refractivity contribution in [3.63, 3.8) is 0 Å². The lowest BCUT2D eigenvalue weighted by molar-refractivity contribution is -0.324. The van der Waals surface area contributed by atoms with E-state index in [4.69, 9.17) is 28.4 Å². The van der Waals surface area contributed by atoms with Gasteiger partial charge in [-0.05, 0) is 45.6 Å². The Morgan fingerprint density at radius 3 is 2.35 bits per heavy atom. The molecule has 7 bridgehead atoms. The molecule has 7 aliphatic rings. The van der Waals surface area contributed by atoms with Crippen LogP contribution in [0.3, 0.4) is 0 Å². The Morgan fingerprint density at radius 1 is 1.07 bits per heavy atom. The van der Waals surface area contributed by atoms with Crippen molar-refractivity contribution in [2.75, 3.05) is 41.2 Å². The number of likely N-dealkylation sites (tertiary alicyclic amines) is 1. The maximum atomic E-state index is 13.4. The molecule has 7 rings (SSSR count). The lowest BCUT2D eigenvalue weighted by Gasteiger charge is -2.71. The number of hydrogen-bond donors (Lipinski definition) is 1. The normalized spacial score (nSPS) is 54.8. The van der Waals surface area contributed by atoms with E-state index in [-0.39, 0.29) is 54.7 Å². The van der Waals surface area contributed by atoms with Gasteiger partial charge in [-0.1, -0.05) is 13.8 Å². The van der Waals surface area contributed by atoms with E-state index >= 15 is 0 Å². The zero-order valence-corrected chi connectivity index (χ0v) is 25.2. The summed E-state index contributed by atoms with van der Waals surface area (Å²) >= 11 is 0. The molecule has 0 aromatic carbocycles. The molecule has 2 aliphatic heterocycles. The highest BCUT2D eigenvalue weighted by Crippen LogP contribution is 2.83. The minimum absolute atomic E-state index is 0.0264. The summed E-state index contributed by atoms with van der Waals surface area (Å²) in [4.78, 5) is 24.7. The van der Waals surface area contributed by atoms with E-state index in [0.29, 0.717) is 13.0 Å². The molecule has 2 heterocycles. The summed E-state index contributed by atoms with van der Waals surface area (Å²) in [5, 5.41) is 13.4. The van der Waals surface area contributed by atoms with Gasteiger partial charge in [-0.3, -0.25) is 9.69 Å². The lowest BCUT2D eigenvalue weighted by Crippen LogP contribution is -2.83. The lowest BCUT2D eigenvalue weighted by atomic mass is 9.41. The molecule has 5 aliphatic carbocycles. The quantitative estimate of drug-likeness (QED) is 0.497. The minimum atomic E-state index is -1.34. The predicted molar refractivity (Wildman–Crippen MR) is 142 cm³/mol. The number of ketones is 1. The summed E-state index contributed by atoms with van der Waals surface area (Å²) in [6.07, 6.45) is 1.83. The smallest absolute Gasteiger partial charge is 0.303 e. The number of hydrogen-bond acceptors (Lipinski definition) is 10. The van der Waals surface area contributed by atoms with Gasteiger partial charge in [-0.2, -0.15) is 0 Å². The molecule has 0 aromatic heterocycles. The Kier molecular flexibility index (Phi) is 6.64. The van der Waals surface area contributed by atoms with Crippen LogP contribution in [0.15, 0.2) is 0 Å². The summed E-state index contributed by atoms with van der Waals surface area (Å²) in [5.74, 6) is -0.0431. The first kappa shape index (κ1) is 29.0. The standard InChI is InChI=1S/C27H41NO8.C3H6O/c1-7-28-12-23(3)9-8-18(32-5)25-16-10-15-17(31-4)11-24(19(16)20(15)33-6)26(21(25)28,35-13-34-24)22(27(23,25)30)36-14(2)29;1-3(2)4/h15-22,30H,7-13H2,1-6H3;1-2H3/t15-,16-,17+,18+,19-,20+,21+,22-,23+,24-,25-,26+,27+;/m1./s1. The highest BCUT2D eigenvalue weighted by atomic mass is 16.7. The van der Waals surface area contributed by atoms with Crippen LogP contribution in [0.2, 0.25) is 0 Å². The SMILES string of the molecule is CC(C)=O.CCN1C[C@]2(C)CC[C@H](OC)[C@]34[C@@H]5C[C@H]6[C@H](OC)[C@@H]5[C@@]5(C[C@@H]6OC)OCO[C@@]5([C@@H]13)[C@@H](OC(C)=O)[C@]24O. The largest absolute Gasteiger partial charge is 0.456 e. The van der Waals surface area contributed by atoms with Crippen LogP contribution in [0.1, 0.15) is 60.3 Å². The number of piperidine rings is 1. The van der Waals surface area contributed by atoms with E-state index in [0.717, 1.165) is 25.8 Å². The molecule has 2 saturated heterocycles. The molecule has 5 saturated carbocycles. The molecule has 0 aromatic rings. The topological polar surface area (TPSA) is 113 Å². The van der Waals surface area contributed by atoms with Crippen molar-refractivity contribution in [2.24, 2.45) is 28.6 Å². The molecule has 226 valence electrons. The number of Topliss-reactive ketones (excluding diaryl/α,β-unsaturated/α-hetero) is 1. The van der Waals surface area contributed by atoms with Crippen LogP contribution in [0.25, 0.3) is 0 Å². The average Bonchev–Trinajstić information content (AvgIpc) is 3.46. The molecule has 0 amide bonds. The number of methoxy groups -OCH3 is 3. The molecule has 10 heteroatoms. The van der Waals surface area contributed by atoms with Crippen LogP contribution in [0.4, 0.5) is 0 Å². The van der Waals surface area contributed by atoms with E-state index in [9.17, 15) is 14.7 Å². The number of fused-ring (bicyclic) bond motifs is 1. The Bertz CT molecular complexity index is 1070. The predicted octanol–water partition coefficient (Wildman–Crippen LogP) is 1.95. The first-order chi connectivity index (χ1) is 18.9. The Hall–Kier alpha value is -1.14. The molecular weight excluding hydrogens is 518 g/mol. The number of rotatable bonds is 5. The molecule has 7 fully saturated rings. The fraction of sp³-hybridized carbons (Fsp3) is 0.933. The van der Waals surface area contributed by atoms with Gasteiger partial charge in [0.1, 0.15) is 23.8 Å². The average molecular weight is 566 g/mol. The van der Waals surface area contributed by atoms with Gasteiger partial charge < -0.3 is 38.3 Å². The second-order valence-electron chi connectivity index (χ2n) is 13.7. The minimum Gasteiger partial charge on any atom is -0.456 e. The third-order valence-corrected chi connectivity index (χ3v) is 12.3. The molecule has 3 spiro atoms. The molecule has 40 heavy (non-hydrogen) atoms. The van der Waals surface area contributed by atoms with E-state index in [2.05, 4.69) is 18.7 Å². The first-order valence-corrected chi connectivity index (χ1v) is 14.9. The van der Waals surface area contributed by atoms with Gasteiger partial charge in [0.2, 0.25) is 0 Å². The Balaban J connectivity index is 0.000000680. The zero-order chi connectivity index (χ0) is 29.0. The van der Waals surface area contributed by atoms with Gasteiger partial charge in [0.25, 0.3) is 0 Å². The van der Waals surface area contributed by atoms with Crippen LogP contribution in [0, 0.1) is 28.6 Å². The fourth-order valence-corrected chi connectivity index (χ4v) is 11.7. The summed E-state index contributed by atoms with van der Waals surface area (Å²) in [7, 11) is 5.31. The highest BCUT2D eigenvalue weighted by Gasteiger charge is 2.98. The van der Waals surface area contributed by atoms with Crippen LogP contribution in [0.5, 0.6) is 0 Å². The number of carbonyl (C=O) groups is 2. The van der Waals surface area contributed by atoms with Gasteiger partial charge in [0.15, 0.2) is 11.7 Å². The van der Waals surface area contributed by atoms with Crippen LogP contribution in [-0.4, -0.2) is 110 Å². The second-order valence-corrected chi connectivity index (χ2v) is 13.7. The highest BCUT2D eigenvalue weighted by molar-refractivity contribution is 5.72. The second kappa shape index (κ2) is 9.18. The van der Waals surface area contributed by atoms with Gasteiger partial charge in [-0.25, -0.2) is 0 Å². The summed E-state index contributed by atoms with van der Waals surface area (Å²) in [5.41, 5.74) is -4.44. The van der Waals surface area contributed by atoms with Crippen molar-refractivity contribution in [1.82, 2.24) is 4.90 Å². The number of aliphatic hydroxyl groups is 1. The van der Waals surface area contributed by atoms with Crippen molar-refractivity contribution in [3.05, 3.63) is 0 Å². The van der Waals surface area contributed by atoms with Crippen molar-refractivity contribution in [3.8, 4) is 0 Å². The van der Waals surface area contributed by atoms with Crippen molar-refractivity contribution < 1.29 is 43.1 Å². The van der Waals surface area contributed by atoms with Crippen LogP contribution in [-0.2, 0) is 38.0 Å². The summed E-state index contributed by atoms with van der Waals surface area (Å²) in [6.45, 7) is 10.4. The number of likely N-dealkylation sites (N-methyl/N-ethyl adjacent to an activating group) is 1. The van der Waals surface area contributed by atoms with Gasteiger partial charge in [0, 0.05) is 58.5 Å². The van der Waals surface area contributed by atoms with E-state index in [1.54, 1.807) is 21.3 Å². The number of carbonyl (C=O) groups excluding carboxylic acids is 2. The van der Waals surface area contributed by atoms with Crippen molar-refractivity contribution in [2.45, 2.75) is 108 Å². The van der Waals surface area contributed by atoms with Gasteiger partial charge in [0.05, 0.1) is 29.8 Å². The third-order valence-electron chi connectivity index (χ3n) is 12.3. The first-order valence-electron chi connectivity index (χ1n) is 14.9. The van der Waals surface area contributed by atoms with E-state index in [1.807, 2.05) is 0 Å². The van der Waals surface area contributed by atoms with Gasteiger partial charge in [-0.15, -0.1) is 0 Å². The molecular formula is C30H47NO9. The maximum absolute atomic E-state index is 13.4. The van der Waals surface area contributed by atoms with Crippen molar-refractivity contribution >= 4 is 11.8 Å². The molecule has 0 radical (unpaired) electrons. The number of nitrogens with zero attached hydrogens (tertiary/aromatic N) is 1. The Labute approximate surface area is 237 Å².